The molecule has 0 spiro atoms. The molecule has 0 bridgehead atoms. The van der Waals surface area contributed by atoms with Gasteiger partial charge in [0.1, 0.15) is 5.82 Å². The molecule has 0 N–H and O–H groups in total. The average Bonchev–Trinajstić information content (AvgIpc) is 3.17. The van der Waals surface area contributed by atoms with Gasteiger partial charge in [0.15, 0.2) is 11.6 Å². The molecule has 1 amide bonds. The molecular formula is C21H22FN5O. The van der Waals surface area contributed by atoms with E-state index in [9.17, 15) is 9.18 Å². The van der Waals surface area contributed by atoms with Crippen LogP contribution in [0.2, 0.25) is 0 Å². The fourth-order valence-electron chi connectivity index (χ4n) is 3.61. The molecule has 6 nitrogen and oxygen atoms in total. The van der Waals surface area contributed by atoms with Crippen LogP contribution in [0.25, 0.3) is 11.4 Å². The highest BCUT2D eigenvalue weighted by atomic mass is 19.1. The number of nitrogens with zero attached hydrogens (tertiary/aromatic N) is 5. The molecule has 0 aliphatic carbocycles. The second-order valence-corrected chi connectivity index (χ2v) is 7.09. The van der Waals surface area contributed by atoms with Crippen LogP contribution in [0.15, 0.2) is 48.8 Å². The van der Waals surface area contributed by atoms with E-state index in [0.717, 1.165) is 17.8 Å². The predicted octanol–water partition coefficient (Wildman–Crippen LogP) is 3.72. The van der Waals surface area contributed by atoms with E-state index in [1.807, 2.05) is 21.7 Å². The summed E-state index contributed by atoms with van der Waals surface area (Å²) in [6.45, 7) is 5.32. The van der Waals surface area contributed by atoms with Crippen LogP contribution >= 0.6 is 0 Å². The first-order chi connectivity index (χ1) is 13.6. The molecule has 2 atom stereocenters. The number of benzene rings is 1. The number of pyridine rings is 1. The summed E-state index contributed by atoms with van der Waals surface area (Å²) in [7, 11) is 0. The molecule has 28 heavy (non-hydrogen) atoms. The van der Waals surface area contributed by atoms with E-state index in [0.29, 0.717) is 24.5 Å². The Bertz CT molecular complexity index is 970. The Morgan fingerprint density at radius 1 is 1.25 bits per heavy atom. The molecule has 144 valence electrons. The standard InChI is InChI=1S/C21H22FN5O/c1-3-14(2)18-20-24-19(16-5-4-10-23-13-16)25-27(20)12-11-26(18)21(28)15-6-8-17(22)9-7-15/h4-10,13-14,18H,3,11-12H2,1-2H3/t14-,18-/m0/s1. The van der Waals surface area contributed by atoms with Gasteiger partial charge in [-0.05, 0) is 42.3 Å². The van der Waals surface area contributed by atoms with Crippen molar-refractivity contribution < 1.29 is 9.18 Å². The van der Waals surface area contributed by atoms with E-state index in [1.165, 1.54) is 24.3 Å². The van der Waals surface area contributed by atoms with Gasteiger partial charge >= 0.3 is 0 Å². The van der Waals surface area contributed by atoms with E-state index < -0.39 is 0 Å². The maximum absolute atomic E-state index is 13.3. The van der Waals surface area contributed by atoms with E-state index in [-0.39, 0.29) is 23.7 Å². The van der Waals surface area contributed by atoms with Gasteiger partial charge in [0.2, 0.25) is 0 Å². The van der Waals surface area contributed by atoms with Gasteiger partial charge in [0, 0.05) is 30.1 Å². The number of fused-ring (bicyclic) bond motifs is 1. The largest absolute Gasteiger partial charge is 0.326 e. The summed E-state index contributed by atoms with van der Waals surface area (Å²) in [6.07, 6.45) is 4.35. The van der Waals surface area contributed by atoms with Gasteiger partial charge in [-0.1, -0.05) is 20.3 Å². The zero-order valence-corrected chi connectivity index (χ0v) is 15.9. The molecule has 2 aromatic heterocycles. The van der Waals surface area contributed by atoms with Gasteiger partial charge < -0.3 is 4.90 Å². The highest BCUT2D eigenvalue weighted by molar-refractivity contribution is 5.94. The van der Waals surface area contributed by atoms with Crippen molar-refractivity contribution in [2.75, 3.05) is 6.54 Å². The van der Waals surface area contributed by atoms with E-state index >= 15 is 0 Å². The minimum absolute atomic E-state index is 0.109. The number of hydrogen-bond acceptors (Lipinski definition) is 4. The highest BCUT2D eigenvalue weighted by Gasteiger charge is 2.37. The smallest absolute Gasteiger partial charge is 0.254 e. The van der Waals surface area contributed by atoms with Crippen LogP contribution in [0, 0.1) is 11.7 Å². The van der Waals surface area contributed by atoms with Crippen molar-refractivity contribution in [1.82, 2.24) is 24.6 Å². The minimum Gasteiger partial charge on any atom is -0.326 e. The third-order valence-corrected chi connectivity index (χ3v) is 5.31. The molecule has 0 unspecified atom stereocenters. The van der Waals surface area contributed by atoms with E-state index in [4.69, 9.17) is 4.98 Å². The zero-order valence-electron chi connectivity index (χ0n) is 15.9. The van der Waals surface area contributed by atoms with Crippen molar-refractivity contribution in [1.29, 1.82) is 0 Å². The van der Waals surface area contributed by atoms with Crippen LogP contribution in [0.3, 0.4) is 0 Å². The predicted molar refractivity (Wildman–Crippen MR) is 103 cm³/mol. The average molecular weight is 379 g/mol. The highest BCUT2D eigenvalue weighted by Crippen LogP contribution is 2.34. The van der Waals surface area contributed by atoms with Crippen LogP contribution in [0.4, 0.5) is 4.39 Å². The Kier molecular flexibility index (Phi) is 4.90. The summed E-state index contributed by atoms with van der Waals surface area (Å²) in [5, 5.41) is 4.64. The first-order valence-electron chi connectivity index (χ1n) is 9.50. The normalized spacial score (nSPS) is 17.2. The number of carbonyl (C=O) groups is 1. The Morgan fingerprint density at radius 3 is 2.71 bits per heavy atom. The van der Waals surface area contributed by atoms with Crippen molar-refractivity contribution >= 4 is 5.91 Å². The van der Waals surface area contributed by atoms with Gasteiger partial charge in [0.25, 0.3) is 5.91 Å². The van der Waals surface area contributed by atoms with Crippen LogP contribution < -0.4 is 0 Å². The zero-order chi connectivity index (χ0) is 19.7. The second kappa shape index (κ2) is 7.50. The molecule has 0 radical (unpaired) electrons. The Hall–Kier alpha value is -3.09. The number of aromatic nitrogens is 4. The number of carbonyl (C=O) groups excluding carboxylic acids is 1. The fraction of sp³-hybridized carbons (Fsp3) is 0.333. The topological polar surface area (TPSA) is 63.9 Å². The van der Waals surface area contributed by atoms with Gasteiger partial charge in [0.05, 0.1) is 12.6 Å². The van der Waals surface area contributed by atoms with E-state index in [2.05, 4.69) is 23.9 Å². The minimum atomic E-state index is -0.352. The monoisotopic (exact) mass is 379 g/mol. The molecule has 7 heteroatoms. The third-order valence-electron chi connectivity index (χ3n) is 5.31. The van der Waals surface area contributed by atoms with Crippen LogP contribution in [-0.4, -0.2) is 37.1 Å². The Balaban J connectivity index is 1.72. The van der Waals surface area contributed by atoms with Crippen molar-refractivity contribution in [3.8, 4) is 11.4 Å². The third kappa shape index (κ3) is 3.28. The first kappa shape index (κ1) is 18.3. The lowest BCUT2D eigenvalue weighted by Crippen LogP contribution is -2.45. The number of amides is 1. The van der Waals surface area contributed by atoms with Crippen molar-refractivity contribution in [3.63, 3.8) is 0 Å². The van der Waals surface area contributed by atoms with Crippen molar-refractivity contribution in [2.24, 2.45) is 5.92 Å². The molecular weight excluding hydrogens is 357 g/mol. The quantitative estimate of drug-likeness (QED) is 0.693. The van der Waals surface area contributed by atoms with Gasteiger partial charge in [-0.3, -0.25) is 9.78 Å². The van der Waals surface area contributed by atoms with Crippen molar-refractivity contribution in [2.45, 2.75) is 32.9 Å². The summed E-state index contributed by atoms with van der Waals surface area (Å²) in [5.41, 5.74) is 1.33. The lowest BCUT2D eigenvalue weighted by Gasteiger charge is -2.38. The van der Waals surface area contributed by atoms with Gasteiger partial charge in [-0.2, -0.15) is 5.10 Å². The fourth-order valence-corrected chi connectivity index (χ4v) is 3.61. The lowest BCUT2D eigenvalue weighted by atomic mass is 9.94. The van der Waals surface area contributed by atoms with Crippen LogP contribution in [0.5, 0.6) is 0 Å². The molecule has 1 aliphatic heterocycles. The molecule has 0 saturated carbocycles. The molecule has 1 aliphatic rings. The number of hydrogen-bond donors (Lipinski definition) is 0. The maximum atomic E-state index is 13.3. The van der Waals surface area contributed by atoms with Gasteiger partial charge in [-0.15, -0.1) is 0 Å². The lowest BCUT2D eigenvalue weighted by molar-refractivity contribution is 0.0518. The van der Waals surface area contributed by atoms with Crippen LogP contribution in [-0.2, 0) is 6.54 Å². The molecule has 0 saturated heterocycles. The molecule has 1 aromatic carbocycles. The SMILES string of the molecule is CC[C@H](C)[C@H]1c2nc(-c3cccnc3)nn2CCN1C(=O)c1ccc(F)cc1. The molecule has 4 rings (SSSR count). The molecule has 3 heterocycles. The molecule has 3 aromatic rings. The van der Waals surface area contributed by atoms with Crippen molar-refractivity contribution in [3.05, 3.63) is 66.0 Å². The summed E-state index contributed by atoms with van der Waals surface area (Å²) < 4.78 is 15.2. The Morgan fingerprint density at radius 2 is 2.04 bits per heavy atom. The first-order valence-corrected chi connectivity index (χ1v) is 9.50. The van der Waals surface area contributed by atoms with Crippen LogP contribution in [0.1, 0.15) is 42.5 Å². The summed E-state index contributed by atoms with van der Waals surface area (Å²) in [6, 6.07) is 9.29. The Labute approximate surface area is 163 Å². The summed E-state index contributed by atoms with van der Waals surface area (Å²) in [5.74, 6) is 1.15. The van der Waals surface area contributed by atoms with Gasteiger partial charge in [-0.25, -0.2) is 14.1 Å². The molecule has 0 fully saturated rings. The summed E-state index contributed by atoms with van der Waals surface area (Å²) in [4.78, 5) is 23.9. The number of rotatable bonds is 4. The summed E-state index contributed by atoms with van der Waals surface area (Å²) >= 11 is 0. The second-order valence-electron chi connectivity index (χ2n) is 7.09. The van der Waals surface area contributed by atoms with E-state index in [1.54, 1.807) is 12.4 Å². The maximum Gasteiger partial charge on any atom is 0.254 e. The number of halogens is 1.